The molecule has 2 heterocycles. The molecule has 0 aromatic rings. The van der Waals surface area contributed by atoms with Crippen molar-refractivity contribution in [3.63, 3.8) is 0 Å². The van der Waals surface area contributed by atoms with Gasteiger partial charge in [-0.3, -0.25) is 24.5 Å². The summed E-state index contributed by atoms with van der Waals surface area (Å²) in [6.45, 7) is 3.35. The van der Waals surface area contributed by atoms with Gasteiger partial charge in [0.1, 0.15) is 12.1 Å². The van der Waals surface area contributed by atoms with E-state index in [1.54, 1.807) is 13.8 Å². The van der Waals surface area contributed by atoms with Gasteiger partial charge in [0.05, 0.1) is 5.92 Å². The van der Waals surface area contributed by atoms with Crippen molar-refractivity contribution >= 4 is 23.6 Å². The molecule has 0 saturated carbocycles. The molecule has 2 fully saturated rings. The van der Waals surface area contributed by atoms with Crippen molar-refractivity contribution in [1.82, 2.24) is 15.5 Å². The number of hydrogen-bond acceptors (Lipinski definition) is 4. The smallest absolute Gasteiger partial charge is 0.252 e. The second-order valence-corrected chi connectivity index (χ2v) is 5.40. The minimum absolute atomic E-state index is 0.0734. The third kappa shape index (κ3) is 2.45. The fourth-order valence-electron chi connectivity index (χ4n) is 2.30. The number of amides is 4. The molecule has 0 aromatic heterocycles. The van der Waals surface area contributed by atoms with Gasteiger partial charge in [0.25, 0.3) is 5.91 Å². The Morgan fingerprint density at radius 1 is 1.26 bits per heavy atom. The third-order valence-corrected chi connectivity index (χ3v) is 3.67. The number of imide groups is 1. The predicted octanol–water partition coefficient (Wildman–Crippen LogP) is -1.22. The van der Waals surface area contributed by atoms with Gasteiger partial charge in [0.15, 0.2) is 0 Å². The van der Waals surface area contributed by atoms with Gasteiger partial charge in [-0.05, 0) is 20.3 Å². The number of piperidine rings is 1. The van der Waals surface area contributed by atoms with Crippen LogP contribution in [-0.4, -0.2) is 47.2 Å². The Morgan fingerprint density at radius 3 is 2.53 bits per heavy atom. The Balaban J connectivity index is 2.14. The molecule has 0 bridgehead atoms. The molecule has 2 rings (SSSR count). The highest BCUT2D eigenvalue weighted by molar-refractivity contribution is 6.06. The third-order valence-electron chi connectivity index (χ3n) is 3.67. The topological polar surface area (TPSA) is 95.6 Å². The zero-order valence-electron chi connectivity index (χ0n) is 11.0. The summed E-state index contributed by atoms with van der Waals surface area (Å²) in [7, 11) is 0. The van der Waals surface area contributed by atoms with Crippen molar-refractivity contribution in [2.75, 3.05) is 13.1 Å². The maximum atomic E-state index is 12.4. The molecule has 104 valence electrons. The zero-order valence-corrected chi connectivity index (χ0v) is 11.0. The molecule has 2 aliphatic heterocycles. The van der Waals surface area contributed by atoms with Crippen molar-refractivity contribution in [1.29, 1.82) is 0 Å². The summed E-state index contributed by atoms with van der Waals surface area (Å²) in [6.07, 6.45) is 0.748. The molecule has 4 amide bonds. The van der Waals surface area contributed by atoms with Gasteiger partial charge in [0, 0.05) is 13.0 Å². The second kappa shape index (κ2) is 4.64. The highest BCUT2D eigenvalue weighted by Crippen LogP contribution is 2.23. The van der Waals surface area contributed by atoms with E-state index < -0.39 is 17.4 Å². The lowest BCUT2D eigenvalue weighted by Crippen LogP contribution is -2.66. The van der Waals surface area contributed by atoms with Crippen LogP contribution in [0.2, 0.25) is 0 Å². The molecular formula is C12H17N3O4. The highest BCUT2D eigenvalue weighted by atomic mass is 16.2. The van der Waals surface area contributed by atoms with Crippen LogP contribution in [0.5, 0.6) is 0 Å². The van der Waals surface area contributed by atoms with Gasteiger partial charge in [-0.2, -0.15) is 0 Å². The van der Waals surface area contributed by atoms with E-state index >= 15 is 0 Å². The number of carbonyl (C=O) groups is 4. The molecule has 0 spiro atoms. The molecule has 1 unspecified atom stereocenters. The van der Waals surface area contributed by atoms with E-state index in [2.05, 4.69) is 10.6 Å². The van der Waals surface area contributed by atoms with E-state index in [1.165, 1.54) is 4.90 Å². The van der Waals surface area contributed by atoms with Crippen LogP contribution in [0.15, 0.2) is 0 Å². The first kappa shape index (κ1) is 13.5. The van der Waals surface area contributed by atoms with Crippen LogP contribution in [0.4, 0.5) is 0 Å². The van der Waals surface area contributed by atoms with Crippen molar-refractivity contribution in [2.24, 2.45) is 5.92 Å². The molecular weight excluding hydrogens is 250 g/mol. The van der Waals surface area contributed by atoms with E-state index in [0.29, 0.717) is 12.8 Å². The summed E-state index contributed by atoms with van der Waals surface area (Å²) in [5.41, 5.74) is -1.05. The molecule has 0 aromatic carbocycles. The summed E-state index contributed by atoms with van der Waals surface area (Å²) in [6, 6.07) is 0. The van der Waals surface area contributed by atoms with Crippen molar-refractivity contribution in [2.45, 2.75) is 32.2 Å². The first-order valence-electron chi connectivity index (χ1n) is 6.25. The van der Waals surface area contributed by atoms with Crippen LogP contribution in [0, 0.1) is 5.92 Å². The fraction of sp³-hybridized carbons (Fsp3) is 0.667. The lowest BCUT2D eigenvalue weighted by molar-refractivity contribution is -0.158. The molecule has 0 aliphatic carbocycles. The summed E-state index contributed by atoms with van der Waals surface area (Å²) in [5.74, 6) is -1.64. The summed E-state index contributed by atoms with van der Waals surface area (Å²) >= 11 is 0. The average molecular weight is 267 g/mol. The van der Waals surface area contributed by atoms with Crippen molar-refractivity contribution in [3.05, 3.63) is 0 Å². The van der Waals surface area contributed by atoms with E-state index in [4.69, 9.17) is 0 Å². The monoisotopic (exact) mass is 267 g/mol. The first-order chi connectivity index (χ1) is 8.82. The number of rotatable bonds is 1. The Labute approximate surface area is 110 Å². The molecule has 7 nitrogen and oxygen atoms in total. The van der Waals surface area contributed by atoms with Crippen LogP contribution in [0.1, 0.15) is 26.7 Å². The van der Waals surface area contributed by atoms with Gasteiger partial charge in [-0.15, -0.1) is 0 Å². The molecule has 7 heteroatoms. The number of hydrogen-bond donors (Lipinski definition) is 2. The summed E-state index contributed by atoms with van der Waals surface area (Å²) in [4.78, 5) is 48.0. The number of carbonyl (C=O) groups excluding carboxylic acids is 4. The van der Waals surface area contributed by atoms with E-state index in [0.717, 1.165) is 0 Å². The Hall–Kier alpha value is -1.92. The normalized spacial score (nSPS) is 26.7. The highest BCUT2D eigenvalue weighted by Gasteiger charge is 2.45. The quantitative estimate of drug-likeness (QED) is 0.582. The van der Waals surface area contributed by atoms with Crippen LogP contribution >= 0.6 is 0 Å². The van der Waals surface area contributed by atoms with Gasteiger partial charge < -0.3 is 10.2 Å². The van der Waals surface area contributed by atoms with Gasteiger partial charge in [-0.1, -0.05) is 0 Å². The maximum Gasteiger partial charge on any atom is 0.252 e. The molecule has 19 heavy (non-hydrogen) atoms. The van der Waals surface area contributed by atoms with Crippen LogP contribution in [0.25, 0.3) is 0 Å². The molecule has 2 N–H and O–H groups in total. The minimum atomic E-state index is -1.05. The maximum absolute atomic E-state index is 12.4. The van der Waals surface area contributed by atoms with E-state index in [1.807, 2.05) is 0 Å². The summed E-state index contributed by atoms with van der Waals surface area (Å²) < 4.78 is 0. The SMILES string of the molecule is CC1(C)C(=O)NC(=O)CN1C(=O)C1CCC(=O)NC1. The van der Waals surface area contributed by atoms with Crippen molar-refractivity contribution in [3.8, 4) is 0 Å². The molecule has 0 radical (unpaired) electrons. The minimum Gasteiger partial charge on any atom is -0.355 e. The standard InChI is InChI=1S/C12H17N3O4/c1-12(2)11(19)14-9(17)6-15(12)10(18)7-3-4-8(16)13-5-7/h7H,3-6H2,1-2H3,(H,13,16)(H,14,17,19). The largest absolute Gasteiger partial charge is 0.355 e. The van der Waals surface area contributed by atoms with Crippen LogP contribution in [-0.2, 0) is 19.2 Å². The second-order valence-electron chi connectivity index (χ2n) is 5.40. The zero-order chi connectivity index (χ0) is 14.2. The molecule has 1 atom stereocenters. The van der Waals surface area contributed by atoms with Crippen LogP contribution < -0.4 is 10.6 Å². The average Bonchev–Trinajstić information content (AvgIpc) is 2.34. The summed E-state index contributed by atoms with van der Waals surface area (Å²) in [5, 5.41) is 4.85. The lowest BCUT2D eigenvalue weighted by Gasteiger charge is -2.42. The fourth-order valence-corrected chi connectivity index (χ4v) is 2.30. The van der Waals surface area contributed by atoms with Crippen molar-refractivity contribution < 1.29 is 19.2 Å². The Morgan fingerprint density at radius 2 is 1.95 bits per heavy atom. The predicted molar refractivity (Wildman–Crippen MR) is 64.7 cm³/mol. The Kier molecular flexibility index (Phi) is 3.30. The van der Waals surface area contributed by atoms with Gasteiger partial charge in [0.2, 0.25) is 17.7 Å². The van der Waals surface area contributed by atoms with Gasteiger partial charge >= 0.3 is 0 Å². The molecule has 2 aliphatic rings. The number of nitrogens with one attached hydrogen (secondary N) is 2. The Bertz CT molecular complexity index is 448. The molecule has 2 saturated heterocycles. The van der Waals surface area contributed by atoms with Crippen LogP contribution in [0.3, 0.4) is 0 Å². The van der Waals surface area contributed by atoms with E-state index in [-0.39, 0.29) is 30.8 Å². The van der Waals surface area contributed by atoms with E-state index in [9.17, 15) is 19.2 Å². The first-order valence-corrected chi connectivity index (χ1v) is 6.25. The number of piperazine rings is 1. The number of nitrogens with zero attached hydrogens (tertiary/aromatic N) is 1. The van der Waals surface area contributed by atoms with Gasteiger partial charge in [-0.25, -0.2) is 0 Å². The lowest BCUT2D eigenvalue weighted by atomic mass is 9.92.